The molecule has 1 amide bonds. The topological polar surface area (TPSA) is 69.6 Å². The second-order valence-electron chi connectivity index (χ2n) is 22.9. The van der Waals surface area contributed by atoms with E-state index in [0.29, 0.717) is 12.8 Å². The highest BCUT2D eigenvalue weighted by Crippen LogP contribution is 2.19. The highest BCUT2D eigenvalue weighted by Gasteiger charge is 2.20. The second-order valence-corrected chi connectivity index (χ2v) is 22.9. The smallest absolute Gasteiger partial charge is 0.220 e. The van der Waals surface area contributed by atoms with Gasteiger partial charge in [0.2, 0.25) is 5.91 Å². The van der Waals surface area contributed by atoms with Crippen LogP contribution in [0.3, 0.4) is 0 Å². The van der Waals surface area contributed by atoms with Crippen molar-refractivity contribution in [2.45, 2.75) is 392 Å². The van der Waals surface area contributed by atoms with Crippen molar-refractivity contribution in [2.75, 3.05) is 6.61 Å². The zero-order valence-corrected chi connectivity index (χ0v) is 48.8. The minimum absolute atomic E-state index is 0.0223. The van der Waals surface area contributed by atoms with Gasteiger partial charge in [-0.3, -0.25) is 4.79 Å². The molecule has 422 valence electrons. The van der Waals surface area contributed by atoms with Gasteiger partial charge in [-0.2, -0.15) is 0 Å². The number of amides is 1. The molecule has 3 N–H and O–H groups in total. The second kappa shape index (κ2) is 63.2. The van der Waals surface area contributed by atoms with E-state index in [1.807, 2.05) is 0 Å². The summed E-state index contributed by atoms with van der Waals surface area (Å²) < 4.78 is 0. The average molecular weight is 999 g/mol. The number of hydrogen-bond donors (Lipinski definition) is 3. The summed E-state index contributed by atoms with van der Waals surface area (Å²) in [7, 11) is 0. The van der Waals surface area contributed by atoms with Gasteiger partial charge in [-0.25, -0.2) is 0 Å². The van der Waals surface area contributed by atoms with E-state index in [2.05, 4.69) is 43.5 Å². The van der Waals surface area contributed by atoms with E-state index in [4.69, 9.17) is 0 Å². The normalized spacial score (nSPS) is 12.8. The Labute approximate surface area is 447 Å². The highest BCUT2D eigenvalue weighted by atomic mass is 16.3. The van der Waals surface area contributed by atoms with E-state index in [-0.39, 0.29) is 12.5 Å². The molecule has 0 bridgehead atoms. The Hall–Kier alpha value is -1.13. The Balaban J connectivity index is 3.39. The number of allylic oxidation sites excluding steroid dienone is 4. The number of aliphatic hydroxyl groups is 2. The summed E-state index contributed by atoms with van der Waals surface area (Å²) in [6.07, 6.45) is 85.0. The van der Waals surface area contributed by atoms with Crippen LogP contribution in [0.15, 0.2) is 24.3 Å². The molecule has 0 aliphatic heterocycles. The lowest BCUT2D eigenvalue weighted by Gasteiger charge is -2.22. The van der Waals surface area contributed by atoms with Crippen LogP contribution < -0.4 is 5.32 Å². The average Bonchev–Trinajstić information content (AvgIpc) is 3.37. The quantitative estimate of drug-likeness (QED) is 0.0420. The maximum atomic E-state index is 12.5. The van der Waals surface area contributed by atoms with Gasteiger partial charge in [0.1, 0.15) is 0 Å². The maximum Gasteiger partial charge on any atom is 0.220 e. The van der Waals surface area contributed by atoms with Crippen molar-refractivity contribution in [3.8, 4) is 0 Å². The van der Waals surface area contributed by atoms with Crippen LogP contribution in [0.5, 0.6) is 0 Å². The molecule has 0 spiro atoms. The van der Waals surface area contributed by atoms with Crippen LogP contribution in [0.1, 0.15) is 380 Å². The molecule has 0 fully saturated rings. The zero-order valence-electron chi connectivity index (χ0n) is 48.8. The molecule has 0 radical (unpaired) electrons. The number of unbranched alkanes of at least 4 members (excludes halogenated alkanes) is 51. The van der Waals surface area contributed by atoms with E-state index in [0.717, 1.165) is 32.1 Å². The summed E-state index contributed by atoms with van der Waals surface area (Å²) in [5, 5.41) is 23.4. The van der Waals surface area contributed by atoms with Gasteiger partial charge in [0.15, 0.2) is 0 Å². The Kier molecular flexibility index (Phi) is 62.2. The van der Waals surface area contributed by atoms with Crippen molar-refractivity contribution in [1.82, 2.24) is 5.32 Å². The van der Waals surface area contributed by atoms with E-state index in [1.165, 1.54) is 321 Å². The molecule has 0 rings (SSSR count). The number of aliphatic hydroxyl groups excluding tert-OH is 2. The van der Waals surface area contributed by atoms with Crippen LogP contribution in [-0.2, 0) is 4.79 Å². The lowest BCUT2D eigenvalue weighted by molar-refractivity contribution is -0.123. The fraction of sp³-hybridized carbons (Fsp3) is 0.925. The van der Waals surface area contributed by atoms with Gasteiger partial charge in [0.25, 0.3) is 0 Å². The van der Waals surface area contributed by atoms with Gasteiger partial charge in [0.05, 0.1) is 18.8 Å². The Morgan fingerprint density at radius 3 is 0.845 bits per heavy atom. The highest BCUT2D eigenvalue weighted by molar-refractivity contribution is 5.76. The first-order valence-electron chi connectivity index (χ1n) is 33.0. The van der Waals surface area contributed by atoms with Crippen molar-refractivity contribution in [1.29, 1.82) is 0 Å². The van der Waals surface area contributed by atoms with Crippen molar-refractivity contribution >= 4 is 5.91 Å². The summed E-state index contributed by atoms with van der Waals surface area (Å²) >= 11 is 0. The van der Waals surface area contributed by atoms with Gasteiger partial charge in [-0.05, 0) is 44.9 Å². The first kappa shape index (κ1) is 69.9. The van der Waals surface area contributed by atoms with E-state index in [9.17, 15) is 15.0 Å². The SMILES string of the molecule is CCCCCCC/C=C\C/C=C\CCCCCCCCCCCCCCCCCCCCCCCC(=O)NC(CO)C(O)CCCCCCCCCCCCCCCCCCCCCCCCCCCC. The molecular weight excluding hydrogens is 867 g/mol. The fourth-order valence-electron chi connectivity index (χ4n) is 10.7. The third-order valence-corrected chi connectivity index (χ3v) is 15.7. The molecule has 0 heterocycles. The Bertz CT molecular complexity index is 1040. The molecule has 0 saturated carbocycles. The number of hydrogen-bond acceptors (Lipinski definition) is 3. The van der Waals surface area contributed by atoms with Crippen molar-refractivity contribution < 1.29 is 15.0 Å². The molecule has 2 unspecified atom stereocenters. The minimum Gasteiger partial charge on any atom is -0.394 e. The van der Waals surface area contributed by atoms with Crippen molar-refractivity contribution in [3.05, 3.63) is 24.3 Å². The van der Waals surface area contributed by atoms with E-state index < -0.39 is 12.1 Å². The van der Waals surface area contributed by atoms with Gasteiger partial charge in [-0.15, -0.1) is 0 Å². The summed E-state index contributed by atoms with van der Waals surface area (Å²) in [4.78, 5) is 12.5. The fourth-order valence-corrected chi connectivity index (χ4v) is 10.7. The van der Waals surface area contributed by atoms with E-state index in [1.54, 1.807) is 0 Å². The van der Waals surface area contributed by atoms with Crippen LogP contribution in [0.4, 0.5) is 0 Å². The summed E-state index contributed by atoms with van der Waals surface area (Å²) in [5.74, 6) is -0.0223. The molecule has 4 nitrogen and oxygen atoms in total. The third kappa shape index (κ3) is 59.6. The Morgan fingerprint density at radius 1 is 0.338 bits per heavy atom. The monoisotopic (exact) mass is 998 g/mol. The number of nitrogens with one attached hydrogen (secondary N) is 1. The van der Waals surface area contributed by atoms with Crippen molar-refractivity contribution in [2.24, 2.45) is 0 Å². The molecular formula is C67H131NO3. The molecule has 2 atom stereocenters. The zero-order chi connectivity index (χ0) is 51.3. The number of carbonyl (C=O) groups excluding carboxylic acids is 1. The molecule has 0 aromatic heterocycles. The van der Waals surface area contributed by atoms with Gasteiger partial charge < -0.3 is 15.5 Å². The Morgan fingerprint density at radius 2 is 0.577 bits per heavy atom. The maximum absolute atomic E-state index is 12.5. The molecule has 4 heteroatoms. The molecule has 0 aromatic rings. The van der Waals surface area contributed by atoms with Gasteiger partial charge in [0, 0.05) is 6.42 Å². The van der Waals surface area contributed by atoms with Gasteiger partial charge >= 0.3 is 0 Å². The lowest BCUT2D eigenvalue weighted by atomic mass is 10.0. The minimum atomic E-state index is -0.658. The number of carbonyl (C=O) groups is 1. The summed E-state index contributed by atoms with van der Waals surface area (Å²) in [6, 6.07) is -0.535. The van der Waals surface area contributed by atoms with Crippen molar-refractivity contribution in [3.63, 3.8) is 0 Å². The molecule has 0 aromatic carbocycles. The first-order chi connectivity index (χ1) is 35.2. The molecule has 0 saturated heterocycles. The molecule has 0 aliphatic carbocycles. The van der Waals surface area contributed by atoms with Crippen LogP contribution in [0.2, 0.25) is 0 Å². The predicted molar refractivity (Wildman–Crippen MR) is 318 cm³/mol. The van der Waals surface area contributed by atoms with Crippen LogP contribution in [-0.4, -0.2) is 34.9 Å². The van der Waals surface area contributed by atoms with Crippen LogP contribution in [0, 0.1) is 0 Å². The lowest BCUT2D eigenvalue weighted by Crippen LogP contribution is -2.45. The van der Waals surface area contributed by atoms with Crippen LogP contribution >= 0.6 is 0 Å². The standard InChI is InChI=1S/C67H131NO3/c1-3-5-7-9-11-13-15-17-19-21-23-25-27-29-31-32-33-34-35-36-37-39-41-43-45-47-49-51-53-55-57-59-61-63-67(71)68-65(64-69)66(70)62-60-58-56-54-52-50-48-46-44-42-40-38-30-28-26-24-22-20-18-16-14-12-10-8-6-4-2/h15,17,21,23,65-66,69-70H,3-14,16,18-20,22,24-64H2,1-2H3,(H,68,71)/b17-15-,23-21-. The molecule has 0 aliphatic rings. The molecule has 71 heavy (non-hydrogen) atoms. The number of rotatable bonds is 62. The first-order valence-corrected chi connectivity index (χ1v) is 33.0. The summed E-state index contributed by atoms with van der Waals surface area (Å²) in [6.45, 7) is 4.39. The predicted octanol–water partition coefficient (Wildman–Crippen LogP) is 22.2. The van der Waals surface area contributed by atoms with E-state index >= 15 is 0 Å². The summed E-state index contributed by atoms with van der Waals surface area (Å²) in [5.41, 5.74) is 0. The van der Waals surface area contributed by atoms with Crippen LogP contribution in [0.25, 0.3) is 0 Å². The third-order valence-electron chi connectivity index (χ3n) is 15.7. The van der Waals surface area contributed by atoms with Gasteiger partial charge in [-0.1, -0.05) is 353 Å². The largest absolute Gasteiger partial charge is 0.394 e.